The minimum atomic E-state index is -0.348. The third kappa shape index (κ3) is 3.37. The Hall–Kier alpha value is -1.23. The molecule has 0 radical (unpaired) electrons. The van der Waals surface area contributed by atoms with Gasteiger partial charge in [0, 0.05) is 11.8 Å². The van der Waals surface area contributed by atoms with Gasteiger partial charge in [0.2, 0.25) is 0 Å². The average Bonchev–Trinajstić information content (AvgIpc) is 3.57. The van der Waals surface area contributed by atoms with Crippen molar-refractivity contribution in [3.05, 3.63) is 35.5 Å². The van der Waals surface area contributed by atoms with E-state index < -0.39 is 0 Å². The fourth-order valence-electron chi connectivity index (χ4n) is 6.29. The first-order chi connectivity index (χ1) is 13.7. The van der Waals surface area contributed by atoms with Crippen LogP contribution >= 0.6 is 0 Å². The SMILES string of the molecule is C/C=C(\C)[C@H]1[C@@H](/C=C/C=C(\C)C(=O)[C@H](C)CO)[C@@H]2C[C@@H]3O[C@]3(C)C[C@H]2[C@@H]2O[C@@]21C. The zero-order valence-corrected chi connectivity index (χ0v) is 18.6. The van der Waals surface area contributed by atoms with E-state index in [1.54, 1.807) is 6.92 Å². The Labute approximate surface area is 175 Å². The van der Waals surface area contributed by atoms with Crippen molar-refractivity contribution in [1.29, 1.82) is 0 Å². The summed E-state index contributed by atoms with van der Waals surface area (Å²) in [6.07, 6.45) is 11.4. The van der Waals surface area contributed by atoms with E-state index in [0.29, 0.717) is 41.5 Å². The summed E-state index contributed by atoms with van der Waals surface area (Å²) < 4.78 is 12.5. The van der Waals surface area contributed by atoms with E-state index in [2.05, 4.69) is 45.9 Å². The van der Waals surface area contributed by atoms with Crippen molar-refractivity contribution >= 4 is 5.78 Å². The van der Waals surface area contributed by atoms with Gasteiger partial charge in [0.15, 0.2) is 5.78 Å². The molecule has 4 aliphatic rings. The van der Waals surface area contributed by atoms with E-state index in [1.807, 2.05) is 13.0 Å². The van der Waals surface area contributed by atoms with Crippen LogP contribution in [0.3, 0.4) is 0 Å². The molecule has 4 rings (SSSR count). The highest BCUT2D eigenvalue weighted by Crippen LogP contribution is 2.67. The number of fused-ring (bicyclic) bond motifs is 4. The number of carbonyl (C=O) groups excluding carboxylic acids is 1. The molecule has 0 aromatic carbocycles. The van der Waals surface area contributed by atoms with E-state index >= 15 is 0 Å². The number of allylic oxidation sites excluding steroid dienone is 5. The van der Waals surface area contributed by atoms with Gasteiger partial charge in [0.1, 0.15) is 0 Å². The van der Waals surface area contributed by atoms with Crippen molar-refractivity contribution in [3.8, 4) is 0 Å². The smallest absolute Gasteiger partial charge is 0.163 e. The van der Waals surface area contributed by atoms with Crippen LogP contribution in [0.1, 0.15) is 54.4 Å². The lowest BCUT2D eigenvalue weighted by atomic mass is 9.55. The number of hydrogen-bond donors (Lipinski definition) is 1. The summed E-state index contributed by atoms with van der Waals surface area (Å²) in [6, 6.07) is 0. The normalized spacial score (nSPS) is 47.3. The lowest BCUT2D eigenvalue weighted by Gasteiger charge is -2.45. The summed E-state index contributed by atoms with van der Waals surface area (Å²) in [4.78, 5) is 12.3. The Balaban J connectivity index is 1.62. The largest absolute Gasteiger partial charge is 0.396 e. The molecule has 4 fully saturated rings. The number of ketones is 1. The molecule has 29 heavy (non-hydrogen) atoms. The Kier molecular flexibility index (Phi) is 5.20. The standard InChI is InChI=1S/C25H36O4/c1-7-14(2)21-17(10-8-9-15(3)22(27)16(4)13-26)18-11-20-24(5,28-20)12-19(18)23-25(21,6)29-23/h7-10,16-21,23,26H,11-13H2,1-6H3/b10-8+,14-7+,15-9+/t16-,17+,18+,19-,20+,21+,23+,24-,25-/m1/s1. The maximum Gasteiger partial charge on any atom is 0.163 e. The van der Waals surface area contributed by atoms with E-state index in [-0.39, 0.29) is 29.5 Å². The van der Waals surface area contributed by atoms with Crippen molar-refractivity contribution in [2.45, 2.75) is 77.8 Å². The fraction of sp³-hybridized carbons (Fsp3) is 0.720. The molecule has 0 bridgehead atoms. The molecule has 160 valence electrons. The van der Waals surface area contributed by atoms with Gasteiger partial charge in [-0.25, -0.2) is 0 Å². The second kappa shape index (κ2) is 7.18. The average molecular weight is 401 g/mol. The highest BCUT2D eigenvalue weighted by Gasteiger charge is 2.72. The van der Waals surface area contributed by atoms with Crippen molar-refractivity contribution in [1.82, 2.24) is 0 Å². The maximum absolute atomic E-state index is 12.3. The highest BCUT2D eigenvalue weighted by molar-refractivity contribution is 5.96. The molecule has 2 aliphatic heterocycles. The van der Waals surface area contributed by atoms with Gasteiger partial charge < -0.3 is 14.6 Å². The van der Waals surface area contributed by atoms with E-state index in [0.717, 1.165) is 12.8 Å². The number of epoxide rings is 2. The molecule has 0 aromatic heterocycles. The van der Waals surface area contributed by atoms with E-state index in [9.17, 15) is 9.90 Å². The van der Waals surface area contributed by atoms with Crippen LogP contribution in [0.5, 0.6) is 0 Å². The van der Waals surface area contributed by atoms with Crippen LogP contribution in [-0.4, -0.2) is 40.9 Å². The molecule has 2 saturated carbocycles. The summed E-state index contributed by atoms with van der Waals surface area (Å²) in [5, 5.41) is 9.25. The topological polar surface area (TPSA) is 62.4 Å². The molecular weight excluding hydrogens is 364 g/mol. The lowest BCUT2D eigenvalue weighted by molar-refractivity contribution is -0.119. The Morgan fingerprint density at radius 2 is 1.97 bits per heavy atom. The van der Waals surface area contributed by atoms with Gasteiger partial charge in [-0.2, -0.15) is 0 Å². The molecule has 0 amide bonds. The second-order valence-corrected chi connectivity index (χ2v) is 10.2. The number of aliphatic hydroxyl groups excluding tert-OH is 1. The minimum absolute atomic E-state index is 0.0113. The van der Waals surface area contributed by atoms with Gasteiger partial charge in [-0.3, -0.25) is 4.79 Å². The predicted octanol–water partition coefficient (Wildman–Crippen LogP) is 4.24. The van der Waals surface area contributed by atoms with Gasteiger partial charge in [-0.05, 0) is 70.8 Å². The molecule has 2 aliphatic carbocycles. The monoisotopic (exact) mass is 400 g/mol. The Bertz CT molecular complexity index is 780. The van der Waals surface area contributed by atoms with Crippen molar-refractivity contribution in [3.63, 3.8) is 0 Å². The summed E-state index contributed by atoms with van der Waals surface area (Å²) in [5.74, 6) is 1.49. The predicted molar refractivity (Wildman–Crippen MR) is 113 cm³/mol. The van der Waals surface area contributed by atoms with Crippen LogP contribution in [0.4, 0.5) is 0 Å². The number of carbonyl (C=O) groups is 1. The minimum Gasteiger partial charge on any atom is -0.396 e. The van der Waals surface area contributed by atoms with Crippen LogP contribution < -0.4 is 0 Å². The van der Waals surface area contributed by atoms with Gasteiger partial charge in [-0.15, -0.1) is 0 Å². The molecule has 2 heterocycles. The third-order valence-corrected chi connectivity index (χ3v) is 8.22. The van der Waals surface area contributed by atoms with Crippen molar-refractivity contribution in [2.75, 3.05) is 6.61 Å². The molecule has 9 atom stereocenters. The number of Topliss-reactive ketones (excluding diaryl/α,β-unsaturated/α-hetero) is 1. The molecule has 0 unspecified atom stereocenters. The summed E-state index contributed by atoms with van der Waals surface area (Å²) in [7, 11) is 0. The fourth-order valence-corrected chi connectivity index (χ4v) is 6.29. The van der Waals surface area contributed by atoms with Crippen molar-refractivity contribution in [2.24, 2.45) is 29.6 Å². The molecular formula is C25H36O4. The molecule has 4 heteroatoms. The van der Waals surface area contributed by atoms with Crippen LogP contribution in [0, 0.1) is 29.6 Å². The van der Waals surface area contributed by atoms with Gasteiger partial charge in [0.05, 0.1) is 30.0 Å². The quantitative estimate of drug-likeness (QED) is 0.313. The Morgan fingerprint density at radius 1 is 1.24 bits per heavy atom. The number of aliphatic hydroxyl groups is 1. The van der Waals surface area contributed by atoms with Crippen LogP contribution in [-0.2, 0) is 14.3 Å². The van der Waals surface area contributed by atoms with Gasteiger partial charge >= 0.3 is 0 Å². The first-order valence-electron chi connectivity index (χ1n) is 11.1. The third-order valence-electron chi connectivity index (χ3n) is 8.22. The number of hydrogen-bond acceptors (Lipinski definition) is 4. The van der Waals surface area contributed by atoms with Gasteiger partial charge in [0.25, 0.3) is 0 Å². The number of ether oxygens (including phenoxy) is 2. The first-order valence-corrected chi connectivity index (χ1v) is 11.1. The zero-order valence-electron chi connectivity index (χ0n) is 18.6. The van der Waals surface area contributed by atoms with Gasteiger partial charge in [-0.1, -0.05) is 36.8 Å². The molecule has 4 nitrogen and oxygen atoms in total. The molecule has 0 aromatic rings. The second-order valence-electron chi connectivity index (χ2n) is 10.2. The summed E-state index contributed by atoms with van der Waals surface area (Å²) in [6.45, 7) is 12.4. The Morgan fingerprint density at radius 3 is 2.62 bits per heavy atom. The first kappa shape index (κ1) is 21.0. The molecule has 2 saturated heterocycles. The zero-order chi connectivity index (χ0) is 21.1. The number of rotatable bonds is 6. The lowest BCUT2D eigenvalue weighted by Crippen LogP contribution is -2.48. The van der Waals surface area contributed by atoms with E-state index in [4.69, 9.17) is 9.47 Å². The molecule has 0 spiro atoms. The van der Waals surface area contributed by atoms with E-state index in [1.165, 1.54) is 5.57 Å². The van der Waals surface area contributed by atoms with Crippen LogP contribution in [0.25, 0.3) is 0 Å². The summed E-state index contributed by atoms with van der Waals surface area (Å²) in [5.41, 5.74) is 2.06. The summed E-state index contributed by atoms with van der Waals surface area (Å²) >= 11 is 0. The van der Waals surface area contributed by atoms with Crippen LogP contribution in [0.15, 0.2) is 35.5 Å². The van der Waals surface area contributed by atoms with Crippen LogP contribution in [0.2, 0.25) is 0 Å². The highest BCUT2D eigenvalue weighted by atomic mass is 16.6. The van der Waals surface area contributed by atoms with Crippen molar-refractivity contribution < 1.29 is 19.4 Å². The molecule has 1 N–H and O–H groups in total. The maximum atomic E-state index is 12.3.